The Labute approximate surface area is 120 Å². The van der Waals surface area contributed by atoms with E-state index in [2.05, 4.69) is 41.4 Å². The summed E-state index contributed by atoms with van der Waals surface area (Å²) >= 11 is 0. The molecule has 2 aliphatic rings. The quantitative estimate of drug-likeness (QED) is 0.887. The molecule has 1 amide bonds. The fourth-order valence-corrected chi connectivity index (χ4v) is 2.92. The van der Waals surface area contributed by atoms with Crippen LogP contribution in [0.25, 0.3) is 0 Å². The highest BCUT2D eigenvalue weighted by molar-refractivity contribution is 5.80. The molecule has 2 fully saturated rings. The van der Waals surface area contributed by atoms with Gasteiger partial charge in [0.05, 0.1) is 5.92 Å². The highest BCUT2D eigenvalue weighted by Gasteiger charge is 2.30. The third kappa shape index (κ3) is 3.02. The van der Waals surface area contributed by atoms with Gasteiger partial charge in [-0.05, 0) is 12.5 Å². The van der Waals surface area contributed by atoms with Crippen molar-refractivity contribution in [2.75, 3.05) is 39.3 Å². The van der Waals surface area contributed by atoms with Crippen molar-refractivity contribution in [2.24, 2.45) is 5.92 Å². The molecule has 20 heavy (non-hydrogen) atoms. The van der Waals surface area contributed by atoms with Crippen molar-refractivity contribution >= 4 is 5.91 Å². The number of carbonyl (C=O) groups is 1. The number of amides is 1. The SMILES string of the molecule is Cc1cccc(CN2CCN(C(=O)C3CNC3)CC2)c1. The minimum atomic E-state index is 0.235. The summed E-state index contributed by atoms with van der Waals surface area (Å²) in [4.78, 5) is 16.6. The molecule has 2 saturated heterocycles. The van der Waals surface area contributed by atoms with E-state index in [1.165, 1.54) is 11.1 Å². The molecule has 2 heterocycles. The van der Waals surface area contributed by atoms with Gasteiger partial charge in [0.1, 0.15) is 0 Å². The lowest BCUT2D eigenvalue weighted by Gasteiger charge is -2.38. The first-order valence-electron chi connectivity index (χ1n) is 7.50. The van der Waals surface area contributed by atoms with Crippen LogP contribution >= 0.6 is 0 Å². The number of hydrogen-bond donors (Lipinski definition) is 1. The van der Waals surface area contributed by atoms with Crippen LogP contribution in [0.3, 0.4) is 0 Å². The molecule has 0 bridgehead atoms. The summed E-state index contributed by atoms with van der Waals surface area (Å²) in [5.74, 6) is 0.581. The first kappa shape index (κ1) is 13.6. The molecule has 0 spiro atoms. The van der Waals surface area contributed by atoms with Gasteiger partial charge in [-0.2, -0.15) is 0 Å². The third-order valence-electron chi connectivity index (χ3n) is 4.30. The standard InChI is InChI=1S/C16H23N3O/c1-13-3-2-4-14(9-13)12-18-5-7-19(8-6-18)16(20)15-10-17-11-15/h2-4,9,15,17H,5-8,10-12H2,1H3. The van der Waals surface area contributed by atoms with Crippen molar-refractivity contribution in [1.29, 1.82) is 0 Å². The fourth-order valence-electron chi connectivity index (χ4n) is 2.92. The van der Waals surface area contributed by atoms with Gasteiger partial charge in [-0.3, -0.25) is 9.69 Å². The number of carbonyl (C=O) groups excluding carboxylic acids is 1. The molecule has 1 N–H and O–H groups in total. The van der Waals surface area contributed by atoms with E-state index in [-0.39, 0.29) is 5.92 Å². The summed E-state index contributed by atoms with van der Waals surface area (Å²) < 4.78 is 0. The zero-order valence-electron chi connectivity index (χ0n) is 12.1. The van der Waals surface area contributed by atoms with Crippen LogP contribution < -0.4 is 5.32 Å². The van der Waals surface area contributed by atoms with Crippen molar-refractivity contribution in [2.45, 2.75) is 13.5 Å². The van der Waals surface area contributed by atoms with E-state index in [4.69, 9.17) is 0 Å². The summed E-state index contributed by atoms with van der Waals surface area (Å²) in [5.41, 5.74) is 2.68. The molecule has 0 aromatic heterocycles. The Bertz CT molecular complexity index is 476. The predicted molar refractivity (Wildman–Crippen MR) is 79.4 cm³/mol. The van der Waals surface area contributed by atoms with Gasteiger partial charge >= 0.3 is 0 Å². The number of aryl methyl sites for hydroxylation is 1. The lowest BCUT2D eigenvalue weighted by molar-refractivity contribution is -0.138. The van der Waals surface area contributed by atoms with Crippen LogP contribution in [-0.2, 0) is 11.3 Å². The van der Waals surface area contributed by atoms with Crippen LogP contribution in [0, 0.1) is 12.8 Å². The second-order valence-electron chi connectivity index (χ2n) is 5.95. The zero-order valence-corrected chi connectivity index (χ0v) is 12.1. The van der Waals surface area contributed by atoms with Crippen molar-refractivity contribution in [3.05, 3.63) is 35.4 Å². The largest absolute Gasteiger partial charge is 0.340 e. The number of benzene rings is 1. The Hall–Kier alpha value is -1.39. The summed E-state index contributed by atoms with van der Waals surface area (Å²) in [6.45, 7) is 8.58. The van der Waals surface area contributed by atoms with Gasteiger partial charge in [0.25, 0.3) is 0 Å². The molecule has 0 saturated carbocycles. The van der Waals surface area contributed by atoms with Crippen molar-refractivity contribution < 1.29 is 4.79 Å². The smallest absolute Gasteiger partial charge is 0.228 e. The summed E-state index contributed by atoms with van der Waals surface area (Å²) in [6, 6.07) is 8.68. The molecule has 1 aromatic rings. The van der Waals surface area contributed by atoms with E-state index < -0.39 is 0 Å². The Kier molecular flexibility index (Phi) is 4.03. The lowest BCUT2D eigenvalue weighted by Crippen LogP contribution is -2.56. The van der Waals surface area contributed by atoms with Crippen LogP contribution in [0.15, 0.2) is 24.3 Å². The van der Waals surface area contributed by atoms with Gasteiger partial charge in [-0.1, -0.05) is 29.8 Å². The summed E-state index contributed by atoms with van der Waals surface area (Å²) in [7, 11) is 0. The number of nitrogens with zero attached hydrogens (tertiary/aromatic N) is 2. The molecule has 3 rings (SSSR count). The van der Waals surface area contributed by atoms with Crippen LogP contribution in [0.5, 0.6) is 0 Å². The molecular weight excluding hydrogens is 250 g/mol. The van der Waals surface area contributed by atoms with Crippen molar-refractivity contribution in [3.8, 4) is 0 Å². The van der Waals surface area contributed by atoms with Crippen LogP contribution in [0.2, 0.25) is 0 Å². The first-order chi connectivity index (χ1) is 9.72. The topological polar surface area (TPSA) is 35.6 Å². The minimum absolute atomic E-state index is 0.235. The fraction of sp³-hybridized carbons (Fsp3) is 0.562. The molecule has 0 aliphatic carbocycles. The van der Waals surface area contributed by atoms with Crippen LogP contribution in [-0.4, -0.2) is 55.0 Å². The summed E-state index contributed by atoms with van der Waals surface area (Å²) in [5, 5.41) is 3.17. The van der Waals surface area contributed by atoms with Gasteiger partial charge < -0.3 is 10.2 Å². The molecular formula is C16H23N3O. The first-order valence-corrected chi connectivity index (χ1v) is 7.50. The normalized spacial score (nSPS) is 20.8. The number of rotatable bonds is 3. The molecule has 4 heteroatoms. The Morgan fingerprint density at radius 1 is 1.25 bits per heavy atom. The van der Waals surface area contributed by atoms with Crippen molar-refractivity contribution in [1.82, 2.24) is 15.1 Å². The van der Waals surface area contributed by atoms with E-state index in [0.29, 0.717) is 5.91 Å². The second kappa shape index (κ2) is 5.94. The highest BCUT2D eigenvalue weighted by atomic mass is 16.2. The number of hydrogen-bond acceptors (Lipinski definition) is 3. The van der Waals surface area contributed by atoms with Crippen LogP contribution in [0.1, 0.15) is 11.1 Å². The average molecular weight is 273 g/mol. The Balaban J connectivity index is 1.49. The number of nitrogens with one attached hydrogen (secondary N) is 1. The average Bonchev–Trinajstić information content (AvgIpc) is 2.37. The number of piperazine rings is 1. The van der Waals surface area contributed by atoms with E-state index in [9.17, 15) is 4.79 Å². The van der Waals surface area contributed by atoms with Gasteiger partial charge in [0.2, 0.25) is 5.91 Å². The monoisotopic (exact) mass is 273 g/mol. The molecule has 1 aromatic carbocycles. The van der Waals surface area contributed by atoms with Crippen LogP contribution in [0.4, 0.5) is 0 Å². The molecule has 4 nitrogen and oxygen atoms in total. The lowest BCUT2D eigenvalue weighted by atomic mass is 10.0. The van der Waals surface area contributed by atoms with Crippen molar-refractivity contribution in [3.63, 3.8) is 0 Å². The maximum Gasteiger partial charge on any atom is 0.228 e. The third-order valence-corrected chi connectivity index (χ3v) is 4.30. The Morgan fingerprint density at radius 3 is 2.60 bits per heavy atom. The Morgan fingerprint density at radius 2 is 2.00 bits per heavy atom. The zero-order chi connectivity index (χ0) is 13.9. The second-order valence-corrected chi connectivity index (χ2v) is 5.95. The van der Waals surface area contributed by atoms with Gasteiger partial charge in [0, 0.05) is 45.8 Å². The van der Waals surface area contributed by atoms with E-state index in [0.717, 1.165) is 45.8 Å². The van der Waals surface area contributed by atoms with E-state index >= 15 is 0 Å². The maximum absolute atomic E-state index is 12.2. The molecule has 0 radical (unpaired) electrons. The van der Waals surface area contributed by atoms with Gasteiger partial charge in [0.15, 0.2) is 0 Å². The van der Waals surface area contributed by atoms with Gasteiger partial charge in [-0.15, -0.1) is 0 Å². The predicted octanol–water partition coefficient (Wildman–Crippen LogP) is 0.859. The minimum Gasteiger partial charge on any atom is -0.340 e. The summed E-state index contributed by atoms with van der Waals surface area (Å²) in [6.07, 6.45) is 0. The molecule has 108 valence electrons. The highest BCUT2D eigenvalue weighted by Crippen LogP contribution is 2.13. The van der Waals surface area contributed by atoms with E-state index in [1.54, 1.807) is 0 Å². The molecule has 0 atom stereocenters. The van der Waals surface area contributed by atoms with Gasteiger partial charge in [-0.25, -0.2) is 0 Å². The molecule has 0 unspecified atom stereocenters. The van der Waals surface area contributed by atoms with E-state index in [1.807, 2.05) is 4.90 Å². The molecule has 2 aliphatic heterocycles. The maximum atomic E-state index is 12.2.